The first-order valence-electron chi connectivity index (χ1n) is 10.5. The van der Waals surface area contributed by atoms with Crippen LogP contribution in [0.25, 0.3) is 11.0 Å². The lowest BCUT2D eigenvalue weighted by Crippen LogP contribution is -2.16. The molecule has 184 valence electrons. The minimum Gasteiger partial charge on any atom is -0.495 e. The summed E-state index contributed by atoms with van der Waals surface area (Å²) in [6, 6.07) is 6.17. The molecule has 0 aliphatic carbocycles. The van der Waals surface area contributed by atoms with Gasteiger partial charge in [-0.05, 0) is 24.3 Å². The van der Waals surface area contributed by atoms with Crippen LogP contribution >= 0.6 is 0 Å². The number of rotatable bonds is 7. The number of ether oxygens (including phenoxy) is 4. The third kappa shape index (κ3) is 4.07. The number of benzene rings is 2. The van der Waals surface area contributed by atoms with E-state index in [2.05, 4.69) is 15.0 Å². The Kier molecular flexibility index (Phi) is 5.84. The number of sulfonamides is 1. The highest BCUT2D eigenvalue weighted by Gasteiger charge is 2.32. The van der Waals surface area contributed by atoms with Crippen LogP contribution in [0.15, 0.2) is 46.1 Å². The molecule has 35 heavy (non-hydrogen) atoms. The molecule has 1 N–H and O–H groups in total. The van der Waals surface area contributed by atoms with E-state index in [1.54, 1.807) is 24.5 Å². The third-order valence-electron chi connectivity index (χ3n) is 5.38. The van der Waals surface area contributed by atoms with Crippen molar-refractivity contribution in [2.24, 2.45) is 0 Å². The second-order valence-corrected chi connectivity index (χ2v) is 9.19. The number of anilines is 1. The average molecular weight is 504 g/mol. The SMILES string of the molecule is COc1ccc2c(c1S(=O)(=O)Nc1noc3cc(Cn4cccn4)c(F)c(OC)c13)OCCCO2. The van der Waals surface area contributed by atoms with Gasteiger partial charge in [0.05, 0.1) is 34.0 Å². The Morgan fingerprint density at radius 2 is 2.03 bits per heavy atom. The van der Waals surface area contributed by atoms with Crippen LogP contribution in [0.2, 0.25) is 0 Å². The van der Waals surface area contributed by atoms with Crippen LogP contribution in [-0.2, 0) is 16.6 Å². The van der Waals surface area contributed by atoms with Gasteiger partial charge in [-0.2, -0.15) is 5.10 Å². The van der Waals surface area contributed by atoms with Crippen molar-refractivity contribution < 1.29 is 36.3 Å². The Bertz CT molecular complexity index is 1490. The summed E-state index contributed by atoms with van der Waals surface area (Å²) < 4.78 is 73.4. The van der Waals surface area contributed by atoms with Crippen molar-refractivity contribution in [3.63, 3.8) is 0 Å². The maximum Gasteiger partial charge on any atom is 0.270 e. The van der Waals surface area contributed by atoms with Gasteiger partial charge in [0.25, 0.3) is 10.0 Å². The highest BCUT2D eigenvalue weighted by atomic mass is 32.2. The van der Waals surface area contributed by atoms with Crippen molar-refractivity contribution in [2.45, 2.75) is 17.9 Å². The van der Waals surface area contributed by atoms with Crippen molar-refractivity contribution in [3.8, 4) is 23.0 Å². The molecule has 0 amide bonds. The molecular weight excluding hydrogens is 483 g/mol. The molecule has 0 fully saturated rings. The fraction of sp³-hybridized carbons (Fsp3) is 0.273. The van der Waals surface area contributed by atoms with Crippen LogP contribution in [-0.4, -0.2) is 50.8 Å². The van der Waals surface area contributed by atoms with Crippen molar-refractivity contribution in [1.82, 2.24) is 14.9 Å². The quantitative estimate of drug-likeness (QED) is 0.404. The zero-order valence-electron chi connectivity index (χ0n) is 18.8. The van der Waals surface area contributed by atoms with E-state index < -0.39 is 15.8 Å². The first-order valence-corrected chi connectivity index (χ1v) is 12.0. The number of nitrogens with zero attached hydrogens (tertiary/aromatic N) is 3. The van der Waals surface area contributed by atoms with Crippen LogP contribution < -0.4 is 23.7 Å². The number of halogens is 1. The van der Waals surface area contributed by atoms with E-state index in [9.17, 15) is 8.42 Å². The molecule has 2 aromatic heterocycles. The monoisotopic (exact) mass is 504 g/mol. The summed E-state index contributed by atoms with van der Waals surface area (Å²) in [5, 5.41) is 7.93. The number of aromatic nitrogens is 3. The Hall–Kier alpha value is -4.00. The van der Waals surface area contributed by atoms with Crippen LogP contribution in [0.1, 0.15) is 12.0 Å². The van der Waals surface area contributed by atoms with Gasteiger partial charge in [-0.25, -0.2) is 12.8 Å². The van der Waals surface area contributed by atoms with E-state index in [1.165, 1.54) is 31.0 Å². The van der Waals surface area contributed by atoms with E-state index in [1.807, 2.05) is 0 Å². The molecule has 0 radical (unpaired) electrons. The standard InChI is InChI=1S/C22H21FN4O7S/c1-30-15-6-5-14-19(33-10-4-9-32-14)21(15)35(28,29)26-22-17-16(34-25-22)11-13(18(23)20(17)31-2)12-27-8-3-7-24-27/h3,5-8,11H,4,9-10,12H2,1-2H3,(H,25,26). The smallest absolute Gasteiger partial charge is 0.270 e. The first kappa shape index (κ1) is 22.8. The summed E-state index contributed by atoms with van der Waals surface area (Å²) in [5.74, 6) is -0.851. The van der Waals surface area contributed by atoms with Crippen LogP contribution in [0.5, 0.6) is 23.0 Å². The minimum absolute atomic E-state index is 0.0156. The lowest BCUT2D eigenvalue weighted by atomic mass is 10.1. The molecule has 0 atom stereocenters. The number of methoxy groups -OCH3 is 2. The summed E-state index contributed by atoms with van der Waals surface area (Å²) in [4.78, 5) is -0.273. The predicted octanol–water partition coefficient (Wildman–Crippen LogP) is 3.19. The van der Waals surface area contributed by atoms with E-state index in [4.69, 9.17) is 23.5 Å². The molecule has 13 heteroatoms. The summed E-state index contributed by atoms with van der Waals surface area (Å²) in [5.41, 5.74) is 0.353. The lowest BCUT2D eigenvalue weighted by molar-refractivity contribution is 0.293. The predicted molar refractivity (Wildman–Crippen MR) is 121 cm³/mol. The zero-order chi connectivity index (χ0) is 24.6. The summed E-state index contributed by atoms with van der Waals surface area (Å²) in [6.07, 6.45) is 3.83. The zero-order valence-corrected chi connectivity index (χ0v) is 19.6. The summed E-state index contributed by atoms with van der Waals surface area (Å²) >= 11 is 0. The van der Waals surface area contributed by atoms with E-state index in [-0.39, 0.29) is 63.4 Å². The van der Waals surface area contributed by atoms with Gasteiger partial charge in [0.15, 0.2) is 39.4 Å². The van der Waals surface area contributed by atoms with Gasteiger partial charge in [-0.1, -0.05) is 5.16 Å². The topological polar surface area (TPSA) is 127 Å². The van der Waals surface area contributed by atoms with Gasteiger partial charge in [-0.15, -0.1) is 0 Å². The van der Waals surface area contributed by atoms with Crippen molar-refractivity contribution >= 4 is 26.8 Å². The molecule has 3 heterocycles. The Balaban J connectivity index is 1.59. The van der Waals surface area contributed by atoms with Crippen LogP contribution in [0.3, 0.4) is 0 Å². The number of hydrogen-bond acceptors (Lipinski definition) is 9. The maximum absolute atomic E-state index is 15.3. The van der Waals surface area contributed by atoms with Gasteiger partial charge >= 0.3 is 0 Å². The van der Waals surface area contributed by atoms with Crippen molar-refractivity contribution in [2.75, 3.05) is 32.2 Å². The van der Waals surface area contributed by atoms with Crippen LogP contribution in [0.4, 0.5) is 10.2 Å². The largest absolute Gasteiger partial charge is 0.495 e. The van der Waals surface area contributed by atoms with Crippen LogP contribution in [0, 0.1) is 5.82 Å². The molecule has 5 rings (SSSR count). The molecule has 0 unspecified atom stereocenters. The van der Waals surface area contributed by atoms with Gasteiger partial charge in [0, 0.05) is 24.4 Å². The second-order valence-electron chi connectivity index (χ2n) is 7.57. The number of nitrogens with one attached hydrogen (secondary N) is 1. The number of hydrogen-bond donors (Lipinski definition) is 1. The van der Waals surface area contributed by atoms with E-state index >= 15 is 4.39 Å². The molecule has 4 aromatic rings. The highest BCUT2D eigenvalue weighted by Crippen LogP contribution is 2.44. The summed E-state index contributed by atoms with van der Waals surface area (Å²) in [6.45, 7) is 0.739. The molecule has 1 aliphatic heterocycles. The van der Waals surface area contributed by atoms with E-state index in [0.717, 1.165) is 0 Å². The Morgan fingerprint density at radius 1 is 1.20 bits per heavy atom. The molecule has 0 saturated carbocycles. The third-order valence-corrected chi connectivity index (χ3v) is 6.77. The molecule has 2 aromatic carbocycles. The van der Waals surface area contributed by atoms with Crippen molar-refractivity contribution in [1.29, 1.82) is 0 Å². The molecule has 11 nitrogen and oxygen atoms in total. The average Bonchev–Trinajstić information content (AvgIpc) is 3.42. The van der Waals surface area contributed by atoms with Gasteiger partial charge < -0.3 is 23.5 Å². The maximum atomic E-state index is 15.3. The van der Waals surface area contributed by atoms with Crippen molar-refractivity contribution in [3.05, 3.63) is 48.0 Å². The van der Waals surface area contributed by atoms with Gasteiger partial charge in [0.1, 0.15) is 11.1 Å². The fourth-order valence-electron chi connectivity index (χ4n) is 3.83. The Morgan fingerprint density at radius 3 is 2.77 bits per heavy atom. The highest BCUT2D eigenvalue weighted by molar-refractivity contribution is 7.93. The van der Waals surface area contributed by atoms with Gasteiger partial charge in [0.2, 0.25) is 0 Å². The number of fused-ring (bicyclic) bond motifs is 2. The first-order chi connectivity index (χ1) is 16.9. The Labute approximate surface area is 199 Å². The lowest BCUT2D eigenvalue weighted by Gasteiger charge is -2.16. The van der Waals surface area contributed by atoms with E-state index in [0.29, 0.717) is 13.0 Å². The normalized spacial score (nSPS) is 13.5. The molecular formula is C22H21FN4O7S. The fourth-order valence-corrected chi connectivity index (χ4v) is 5.14. The second kappa shape index (κ2) is 8.98. The molecule has 0 saturated heterocycles. The summed E-state index contributed by atoms with van der Waals surface area (Å²) in [7, 11) is -1.75. The minimum atomic E-state index is -4.36. The molecule has 0 spiro atoms. The van der Waals surface area contributed by atoms with Gasteiger partial charge in [-0.3, -0.25) is 9.40 Å². The molecule has 1 aliphatic rings. The molecule has 0 bridgehead atoms.